The van der Waals surface area contributed by atoms with E-state index in [-0.39, 0.29) is 24.2 Å². The number of hydrogen-bond acceptors (Lipinski definition) is 6. The van der Waals surface area contributed by atoms with Crippen LogP contribution in [0.1, 0.15) is 23.2 Å². The summed E-state index contributed by atoms with van der Waals surface area (Å²) >= 11 is 0. The molecule has 1 aromatic carbocycles. The van der Waals surface area contributed by atoms with Crippen LogP contribution in [0.25, 0.3) is 0 Å². The van der Waals surface area contributed by atoms with Crippen molar-refractivity contribution in [3.8, 4) is 5.75 Å². The molecule has 2 amide bonds. The zero-order valence-corrected chi connectivity index (χ0v) is 20.1. The monoisotopic (exact) mass is 466 g/mol. The molecule has 182 valence electrons. The molecule has 0 N–H and O–H groups in total. The van der Waals surface area contributed by atoms with Crippen LogP contribution in [0.2, 0.25) is 0 Å². The summed E-state index contributed by atoms with van der Waals surface area (Å²) in [5.74, 6) is 0.590. The SMILES string of the molecule is COCCN1C[C@@H](C(=O)N2CCOc3ccc(CN(C)CCc4ccccn4)cc3C2)CC1=O. The zero-order valence-electron chi connectivity index (χ0n) is 20.1. The number of likely N-dealkylation sites (tertiary alicyclic amines) is 1. The Morgan fingerprint density at radius 3 is 2.97 bits per heavy atom. The number of nitrogens with zero attached hydrogens (tertiary/aromatic N) is 4. The van der Waals surface area contributed by atoms with Crippen LogP contribution < -0.4 is 4.74 Å². The highest BCUT2D eigenvalue weighted by molar-refractivity contribution is 5.89. The van der Waals surface area contributed by atoms with Gasteiger partial charge in [0, 0.05) is 70.1 Å². The second-order valence-corrected chi connectivity index (χ2v) is 9.09. The highest BCUT2D eigenvalue weighted by Gasteiger charge is 2.36. The maximum absolute atomic E-state index is 13.3. The topological polar surface area (TPSA) is 75.2 Å². The van der Waals surface area contributed by atoms with E-state index < -0.39 is 0 Å². The van der Waals surface area contributed by atoms with Crippen LogP contribution in [0, 0.1) is 5.92 Å². The largest absolute Gasteiger partial charge is 0.491 e. The van der Waals surface area contributed by atoms with E-state index in [1.807, 2.05) is 35.4 Å². The molecular formula is C26H34N4O4. The van der Waals surface area contributed by atoms with Crippen LogP contribution in [-0.2, 0) is 33.8 Å². The number of benzene rings is 1. The van der Waals surface area contributed by atoms with Gasteiger partial charge in [0.25, 0.3) is 0 Å². The number of methoxy groups -OCH3 is 1. The number of carbonyl (C=O) groups is 2. The van der Waals surface area contributed by atoms with Gasteiger partial charge in [-0.1, -0.05) is 12.1 Å². The molecule has 1 saturated heterocycles. The summed E-state index contributed by atoms with van der Waals surface area (Å²) < 4.78 is 11.0. The molecule has 0 aliphatic carbocycles. The fraction of sp³-hybridized carbons (Fsp3) is 0.500. The van der Waals surface area contributed by atoms with Crippen molar-refractivity contribution in [1.29, 1.82) is 0 Å². The number of rotatable bonds is 9. The summed E-state index contributed by atoms with van der Waals surface area (Å²) in [6.45, 7) is 4.67. The molecule has 0 radical (unpaired) electrons. The predicted molar refractivity (Wildman–Crippen MR) is 128 cm³/mol. The Labute approximate surface area is 201 Å². The molecule has 2 aliphatic heterocycles. The molecule has 0 unspecified atom stereocenters. The summed E-state index contributed by atoms with van der Waals surface area (Å²) in [4.78, 5) is 35.8. The van der Waals surface area contributed by atoms with Crippen molar-refractivity contribution in [1.82, 2.24) is 19.7 Å². The molecule has 0 saturated carbocycles. The molecule has 1 fully saturated rings. The first-order chi connectivity index (χ1) is 16.5. The van der Waals surface area contributed by atoms with Gasteiger partial charge in [0.15, 0.2) is 0 Å². The summed E-state index contributed by atoms with van der Waals surface area (Å²) in [6.07, 6.45) is 3.00. The van der Waals surface area contributed by atoms with Gasteiger partial charge >= 0.3 is 0 Å². The third-order valence-electron chi connectivity index (χ3n) is 6.47. The molecule has 0 spiro atoms. The van der Waals surface area contributed by atoms with E-state index in [0.717, 1.165) is 36.5 Å². The average Bonchev–Trinajstić information content (AvgIpc) is 3.08. The second-order valence-electron chi connectivity index (χ2n) is 9.09. The summed E-state index contributed by atoms with van der Waals surface area (Å²) in [5.41, 5.74) is 3.29. The van der Waals surface area contributed by atoms with Crippen LogP contribution >= 0.6 is 0 Å². The first-order valence-electron chi connectivity index (χ1n) is 11.9. The molecule has 3 heterocycles. The van der Waals surface area contributed by atoms with E-state index in [2.05, 4.69) is 29.1 Å². The third kappa shape index (κ3) is 6.12. The van der Waals surface area contributed by atoms with Crippen LogP contribution in [0.15, 0.2) is 42.6 Å². The Balaban J connectivity index is 1.36. The van der Waals surface area contributed by atoms with Gasteiger partial charge < -0.3 is 24.2 Å². The third-order valence-corrected chi connectivity index (χ3v) is 6.47. The van der Waals surface area contributed by atoms with Crippen molar-refractivity contribution in [2.75, 3.05) is 53.6 Å². The quantitative estimate of drug-likeness (QED) is 0.563. The Morgan fingerprint density at radius 1 is 1.29 bits per heavy atom. The number of carbonyl (C=O) groups excluding carboxylic acids is 2. The molecule has 1 atom stereocenters. The summed E-state index contributed by atoms with van der Waals surface area (Å²) in [6, 6.07) is 12.2. The van der Waals surface area contributed by atoms with Gasteiger partial charge in [-0.3, -0.25) is 14.6 Å². The van der Waals surface area contributed by atoms with Gasteiger partial charge in [0.2, 0.25) is 11.8 Å². The minimum atomic E-state index is -0.299. The second kappa shape index (κ2) is 11.4. The van der Waals surface area contributed by atoms with Crippen molar-refractivity contribution in [2.24, 2.45) is 5.92 Å². The highest BCUT2D eigenvalue weighted by atomic mass is 16.5. The molecular weight excluding hydrogens is 432 g/mol. The van der Waals surface area contributed by atoms with Crippen LogP contribution in [0.5, 0.6) is 5.75 Å². The van der Waals surface area contributed by atoms with Crippen molar-refractivity contribution in [2.45, 2.75) is 25.9 Å². The number of amides is 2. The van der Waals surface area contributed by atoms with E-state index in [1.165, 1.54) is 5.56 Å². The maximum Gasteiger partial charge on any atom is 0.228 e. The van der Waals surface area contributed by atoms with Gasteiger partial charge in [-0.2, -0.15) is 0 Å². The zero-order chi connectivity index (χ0) is 23.9. The van der Waals surface area contributed by atoms with Crippen LogP contribution in [-0.4, -0.2) is 85.0 Å². The van der Waals surface area contributed by atoms with Gasteiger partial charge in [0.05, 0.1) is 19.1 Å². The number of pyridine rings is 1. The predicted octanol–water partition coefficient (Wildman–Crippen LogP) is 1.97. The lowest BCUT2D eigenvalue weighted by atomic mass is 10.1. The average molecular weight is 467 g/mol. The van der Waals surface area contributed by atoms with E-state index in [9.17, 15) is 9.59 Å². The Hall–Kier alpha value is -2.97. The summed E-state index contributed by atoms with van der Waals surface area (Å²) in [5, 5.41) is 0. The molecule has 1 aromatic heterocycles. The molecule has 34 heavy (non-hydrogen) atoms. The molecule has 2 aromatic rings. The number of ether oxygens (including phenoxy) is 2. The van der Waals surface area contributed by atoms with Gasteiger partial charge in [-0.05, 0) is 36.9 Å². The fourth-order valence-electron chi connectivity index (χ4n) is 4.59. The summed E-state index contributed by atoms with van der Waals surface area (Å²) in [7, 11) is 3.72. The van der Waals surface area contributed by atoms with E-state index in [1.54, 1.807) is 12.0 Å². The number of aromatic nitrogens is 1. The Kier molecular flexibility index (Phi) is 8.13. The molecule has 8 heteroatoms. The minimum Gasteiger partial charge on any atom is -0.491 e. The van der Waals surface area contributed by atoms with Crippen LogP contribution in [0.4, 0.5) is 0 Å². The molecule has 2 aliphatic rings. The van der Waals surface area contributed by atoms with Crippen molar-refractivity contribution in [3.63, 3.8) is 0 Å². The first-order valence-corrected chi connectivity index (χ1v) is 11.9. The van der Waals surface area contributed by atoms with Gasteiger partial charge in [-0.15, -0.1) is 0 Å². The van der Waals surface area contributed by atoms with Crippen LogP contribution in [0.3, 0.4) is 0 Å². The van der Waals surface area contributed by atoms with Crippen molar-refractivity contribution in [3.05, 3.63) is 59.4 Å². The normalized spacial score (nSPS) is 18.1. The lowest BCUT2D eigenvalue weighted by Crippen LogP contribution is -2.38. The standard InChI is InChI=1S/C26H34N4O4/c1-28(10-8-23-5-3-4-9-27-23)17-20-6-7-24-21(15-20)18-30(12-14-34-24)26(32)22-16-25(31)29(19-22)11-13-33-2/h3-7,9,15,22H,8,10-14,16-19H2,1-2H3/t22-/m0/s1. The van der Waals surface area contributed by atoms with Gasteiger partial charge in [0.1, 0.15) is 12.4 Å². The Morgan fingerprint density at radius 2 is 2.18 bits per heavy atom. The minimum absolute atomic E-state index is 0.0258. The fourth-order valence-corrected chi connectivity index (χ4v) is 4.59. The van der Waals surface area contributed by atoms with Crippen molar-refractivity contribution >= 4 is 11.8 Å². The molecule has 8 nitrogen and oxygen atoms in total. The van der Waals surface area contributed by atoms with E-state index in [4.69, 9.17) is 9.47 Å². The van der Waals surface area contributed by atoms with E-state index >= 15 is 0 Å². The Bertz CT molecular complexity index is 984. The molecule has 4 rings (SSSR count). The highest BCUT2D eigenvalue weighted by Crippen LogP contribution is 2.27. The molecule has 0 bridgehead atoms. The van der Waals surface area contributed by atoms with E-state index in [0.29, 0.717) is 39.4 Å². The first kappa shape index (κ1) is 24.2. The number of fused-ring (bicyclic) bond motifs is 1. The lowest BCUT2D eigenvalue weighted by Gasteiger charge is -2.24. The smallest absolute Gasteiger partial charge is 0.228 e. The maximum atomic E-state index is 13.3. The number of hydrogen-bond donors (Lipinski definition) is 0. The van der Waals surface area contributed by atoms with Crippen molar-refractivity contribution < 1.29 is 19.1 Å². The van der Waals surface area contributed by atoms with Gasteiger partial charge in [-0.25, -0.2) is 0 Å². The lowest BCUT2D eigenvalue weighted by molar-refractivity contribution is -0.136. The number of likely N-dealkylation sites (N-methyl/N-ethyl adjacent to an activating group) is 1.